The SMILES string of the molecule is CCCCCC(=O)N1CCC2(CC1)NC(=O)c1c(C)cccc1N2. The summed E-state index contributed by atoms with van der Waals surface area (Å²) in [5, 5.41) is 6.68. The number of fused-ring (bicyclic) bond motifs is 1. The van der Waals surface area contributed by atoms with E-state index in [9.17, 15) is 9.59 Å². The van der Waals surface area contributed by atoms with Gasteiger partial charge in [0.15, 0.2) is 0 Å². The van der Waals surface area contributed by atoms with Crippen LogP contribution in [0.3, 0.4) is 0 Å². The Bertz CT molecular complexity index is 633. The number of nitrogens with zero attached hydrogens (tertiary/aromatic N) is 1. The molecule has 1 aromatic rings. The maximum Gasteiger partial charge on any atom is 0.255 e. The lowest BCUT2D eigenvalue weighted by Gasteiger charge is -2.46. The molecule has 24 heavy (non-hydrogen) atoms. The van der Waals surface area contributed by atoms with Gasteiger partial charge in [-0.2, -0.15) is 0 Å². The minimum atomic E-state index is -0.419. The fourth-order valence-corrected chi connectivity index (χ4v) is 3.71. The molecule has 2 N–H and O–H groups in total. The predicted octanol–water partition coefficient (Wildman–Crippen LogP) is 3.05. The van der Waals surface area contributed by atoms with Crippen molar-refractivity contribution in [3.63, 3.8) is 0 Å². The van der Waals surface area contributed by atoms with E-state index in [4.69, 9.17) is 0 Å². The second-order valence-corrected chi connectivity index (χ2v) is 7.00. The number of piperidine rings is 1. The molecule has 1 saturated heterocycles. The van der Waals surface area contributed by atoms with Gasteiger partial charge in [-0.05, 0) is 25.0 Å². The van der Waals surface area contributed by atoms with Crippen molar-refractivity contribution in [2.45, 2.75) is 58.0 Å². The van der Waals surface area contributed by atoms with Crippen LogP contribution in [0.1, 0.15) is 61.4 Å². The highest BCUT2D eigenvalue weighted by atomic mass is 16.2. The van der Waals surface area contributed by atoms with E-state index in [0.717, 1.165) is 48.9 Å². The molecule has 1 fully saturated rings. The molecule has 1 spiro atoms. The van der Waals surface area contributed by atoms with E-state index in [2.05, 4.69) is 17.6 Å². The molecule has 0 radical (unpaired) electrons. The number of likely N-dealkylation sites (tertiary alicyclic amines) is 1. The molecule has 5 heteroatoms. The zero-order valence-corrected chi connectivity index (χ0v) is 14.7. The Morgan fingerprint density at radius 3 is 2.67 bits per heavy atom. The van der Waals surface area contributed by atoms with E-state index < -0.39 is 5.66 Å². The second-order valence-electron chi connectivity index (χ2n) is 7.00. The number of nitrogens with one attached hydrogen (secondary N) is 2. The lowest BCUT2D eigenvalue weighted by atomic mass is 9.91. The Morgan fingerprint density at radius 1 is 1.21 bits per heavy atom. The molecule has 130 valence electrons. The largest absolute Gasteiger partial charge is 0.362 e. The number of hydrogen-bond acceptors (Lipinski definition) is 3. The third-order valence-corrected chi connectivity index (χ3v) is 5.19. The normalized spacial score (nSPS) is 18.8. The molecule has 2 aliphatic rings. The fraction of sp³-hybridized carbons (Fsp3) is 0.579. The third-order valence-electron chi connectivity index (χ3n) is 5.19. The van der Waals surface area contributed by atoms with Crippen molar-refractivity contribution in [1.29, 1.82) is 0 Å². The summed E-state index contributed by atoms with van der Waals surface area (Å²) in [6.07, 6.45) is 5.33. The van der Waals surface area contributed by atoms with Gasteiger partial charge in [0.25, 0.3) is 5.91 Å². The topological polar surface area (TPSA) is 61.4 Å². The molecule has 0 aliphatic carbocycles. The summed E-state index contributed by atoms with van der Waals surface area (Å²) in [5.41, 5.74) is 2.21. The molecule has 1 aromatic carbocycles. The monoisotopic (exact) mass is 329 g/mol. The summed E-state index contributed by atoms with van der Waals surface area (Å²) in [5.74, 6) is 0.237. The van der Waals surface area contributed by atoms with Gasteiger partial charge in [-0.25, -0.2) is 0 Å². The van der Waals surface area contributed by atoms with Crippen LogP contribution in [0.2, 0.25) is 0 Å². The first kappa shape index (κ1) is 16.8. The van der Waals surface area contributed by atoms with Gasteiger partial charge in [-0.1, -0.05) is 31.9 Å². The number of benzene rings is 1. The quantitative estimate of drug-likeness (QED) is 0.835. The van der Waals surface area contributed by atoms with Crippen molar-refractivity contribution in [1.82, 2.24) is 10.2 Å². The highest BCUT2D eigenvalue weighted by Crippen LogP contribution is 2.32. The van der Waals surface area contributed by atoms with Crippen LogP contribution in [0.15, 0.2) is 18.2 Å². The number of carbonyl (C=O) groups is 2. The average molecular weight is 329 g/mol. The van der Waals surface area contributed by atoms with Crippen molar-refractivity contribution < 1.29 is 9.59 Å². The number of rotatable bonds is 4. The van der Waals surface area contributed by atoms with Crippen molar-refractivity contribution in [3.8, 4) is 0 Å². The molecule has 2 amide bonds. The van der Waals surface area contributed by atoms with E-state index >= 15 is 0 Å². The first-order chi connectivity index (χ1) is 11.5. The average Bonchev–Trinajstić information content (AvgIpc) is 2.55. The van der Waals surface area contributed by atoms with Crippen LogP contribution < -0.4 is 10.6 Å². The van der Waals surface area contributed by atoms with Gasteiger partial charge in [-0.15, -0.1) is 0 Å². The van der Waals surface area contributed by atoms with E-state index in [1.807, 2.05) is 30.0 Å². The minimum Gasteiger partial charge on any atom is -0.362 e. The third kappa shape index (κ3) is 3.25. The Hall–Kier alpha value is -2.04. The smallest absolute Gasteiger partial charge is 0.255 e. The second kappa shape index (κ2) is 6.83. The van der Waals surface area contributed by atoms with Gasteiger partial charge in [0.1, 0.15) is 5.66 Å². The number of unbranched alkanes of at least 4 members (excludes halogenated alkanes) is 2. The van der Waals surface area contributed by atoms with Crippen LogP contribution in [0, 0.1) is 6.92 Å². The predicted molar refractivity (Wildman–Crippen MR) is 95.0 cm³/mol. The lowest BCUT2D eigenvalue weighted by Crippen LogP contribution is -2.62. The molecule has 0 aromatic heterocycles. The highest BCUT2D eigenvalue weighted by molar-refractivity contribution is 6.03. The fourth-order valence-electron chi connectivity index (χ4n) is 3.71. The highest BCUT2D eigenvalue weighted by Gasteiger charge is 2.41. The summed E-state index contributed by atoms with van der Waals surface area (Å²) in [6.45, 7) is 5.49. The Kier molecular flexibility index (Phi) is 4.78. The van der Waals surface area contributed by atoms with Crippen LogP contribution in [-0.2, 0) is 4.79 Å². The molecule has 0 unspecified atom stereocenters. The van der Waals surface area contributed by atoms with Gasteiger partial charge in [0, 0.05) is 38.0 Å². The van der Waals surface area contributed by atoms with Crippen molar-refractivity contribution in [3.05, 3.63) is 29.3 Å². The van der Waals surface area contributed by atoms with Crippen LogP contribution in [0.4, 0.5) is 5.69 Å². The molecule has 0 saturated carbocycles. The summed E-state index contributed by atoms with van der Waals surface area (Å²) in [7, 11) is 0. The van der Waals surface area contributed by atoms with Gasteiger partial charge in [-0.3, -0.25) is 9.59 Å². The molecule has 0 bridgehead atoms. The van der Waals surface area contributed by atoms with Crippen LogP contribution >= 0.6 is 0 Å². The lowest BCUT2D eigenvalue weighted by molar-refractivity contribution is -0.132. The van der Waals surface area contributed by atoms with E-state index in [-0.39, 0.29) is 11.8 Å². The van der Waals surface area contributed by atoms with Crippen LogP contribution in [0.25, 0.3) is 0 Å². The van der Waals surface area contributed by atoms with E-state index in [1.165, 1.54) is 0 Å². The van der Waals surface area contributed by atoms with Gasteiger partial charge in [0.05, 0.1) is 5.56 Å². The first-order valence-corrected chi connectivity index (χ1v) is 9.03. The molecule has 3 rings (SSSR count). The van der Waals surface area contributed by atoms with Crippen molar-refractivity contribution in [2.75, 3.05) is 18.4 Å². The van der Waals surface area contributed by atoms with Crippen LogP contribution in [-0.4, -0.2) is 35.5 Å². The molecule has 5 nitrogen and oxygen atoms in total. The van der Waals surface area contributed by atoms with Gasteiger partial charge in [0.2, 0.25) is 5.91 Å². The Labute approximate surface area is 143 Å². The number of amides is 2. The number of carbonyl (C=O) groups excluding carboxylic acids is 2. The molecular formula is C19H27N3O2. The number of hydrogen-bond donors (Lipinski definition) is 2. The zero-order chi connectivity index (χ0) is 17.2. The molecular weight excluding hydrogens is 302 g/mol. The summed E-state index contributed by atoms with van der Waals surface area (Å²) >= 11 is 0. The van der Waals surface area contributed by atoms with E-state index in [1.54, 1.807) is 0 Å². The Morgan fingerprint density at radius 2 is 1.96 bits per heavy atom. The molecule has 0 atom stereocenters. The number of aryl methyl sites for hydroxylation is 1. The minimum absolute atomic E-state index is 0.00966. The zero-order valence-electron chi connectivity index (χ0n) is 14.7. The maximum atomic E-state index is 12.5. The van der Waals surface area contributed by atoms with Crippen LogP contribution in [0.5, 0.6) is 0 Å². The van der Waals surface area contributed by atoms with Gasteiger partial charge < -0.3 is 15.5 Å². The first-order valence-electron chi connectivity index (χ1n) is 9.03. The standard InChI is InChI=1S/C19H27N3O2/c1-3-4-5-9-16(23)22-12-10-19(11-13-22)20-15-8-6-7-14(2)17(15)18(24)21-19/h6-8,20H,3-5,9-13H2,1-2H3,(H,21,24). The molecule has 2 aliphatic heterocycles. The number of anilines is 1. The van der Waals surface area contributed by atoms with Crippen molar-refractivity contribution in [2.24, 2.45) is 0 Å². The summed E-state index contributed by atoms with van der Waals surface area (Å²) in [4.78, 5) is 26.8. The maximum absolute atomic E-state index is 12.5. The summed E-state index contributed by atoms with van der Waals surface area (Å²) < 4.78 is 0. The summed E-state index contributed by atoms with van der Waals surface area (Å²) in [6, 6.07) is 5.89. The van der Waals surface area contributed by atoms with E-state index in [0.29, 0.717) is 19.5 Å². The van der Waals surface area contributed by atoms with Crippen molar-refractivity contribution >= 4 is 17.5 Å². The molecule has 2 heterocycles. The Balaban J connectivity index is 1.64. The van der Waals surface area contributed by atoms with Gasteiger partial charge >= 0.3 is 0 Å².